The Morgan fingerprint density at radius 2 is 2.42 bits per heavy atom. The van der Waals surface area contributed by atoms with E-state index in [0.29, 0.717) is 6.54 Å². The Kier molecular flexibility index (Phi) is 4.96. The maximum Gasteiger partial charge on any atom is 0.224 e. The zero-order valence-corrected chi connectivity index (χ0v) is 12.5. The van der Waals surface area contributed by atoms with Gasteiger partial charge in [-0.1, -0.05) is 0 Å². The van der Waals surface area contributed by atoms with Crippen molar-refractivity contribution in [3.8, 4) is 0 Å². The minimum atomic E-state index is 0.105. The maximum absolute atomic E-state index is 11.8. The lowest BCUT2D eigenvalue weighted by molar-refractivity contribution is -0.126. The number of piperidine rings is 1. The van der Waals surface area contributed by atoms with E-state index in [1.54, 1.807) is 7.05 Å². The molecule has 0 aliphatic carbocycles. The number of rotatable bonds is 4. The third-order valence-corrected chi connectivity index (χ3v) is 4.93. The SMILES string of the molecule is CNC(=O)C1CCCN(C(CN)c2ccc(C)s2)C1. The average molecular weight is 281 g/mol. The van der Waals surface area contributed by atoms with Crippen LogP contribution in [0.5, 0.6) is 0 Å². The summed E-state index contributed by atoms with van der Waals surface area (Å²) in [4.78, 5) is 16.8. The summed E-state index contributed by atoms with van der Waals surface area (Å²) >= 11 is 1.81. The number of amides is 1. The van der Waals surface area contributed by atoms with Crippen LogP contribution >= 0.6 is 11.3 Å². The molecule has 1 aliphatic rings. The number of hydrogen-bond donors (Lipinski definition) is 2. The normalized spacial score (nSPS) is 22.2. The summed E-state index contributed by atoms with van der Waals surface area (Å²) in [5.74, 6) is 0.261. The van der Waals surface area contributed by atoms with Crippen LogP contribution in [0.1, 0.15) is 28.6 Å². The second-order valence-corrected chi connectivity index (χ2v) is 6.47. The van der Waals surface area contributed by atoms with Crippen molar-refractivity contribution in [2.75, 3.05) is 26.7 Å². The summed E-state index contributed by atoms with van der Waals surface area (Å²) in [6.07, 6.45) is 2.05. The van der Waals surface area contributed by atoms with Crippen molar-refractivity contribution in [1.82, 2.24) is 10.2 Å². The van der Waals surface area contributed by atoms with Crippen LogP contribution in [0.15, 0.2) is 12.1 Å². The predicted octanol–water partition coefficient (Wildman–Crippen LogP) is 1.51. The Bertz CT molecular complexity index is 432. The smallest absolute Gasteiger partial charge is 0.224 e. The van der Waals surface area contributed by atoms with Crippen LogP contribution in [0.25, 0.3) is 0 Å². The number of likely N-dealkylation sites (tertiary alicyclic amines) is 1. The molecule has 3 N–H and O–H groups in total. The Morgan fingerprint density at radius 3 is 3.00 bits per heavy atom. The summed E-state index contributed by atoms with van der Waals surface area (Å²) in [5, 5.41) is 2.76. The molecule has 5 heteroatoms. The van der Waals surface area contributed by atoms with Gasteiger partial charge in [0.1, 0.15) is 0 Å². The van der Waals surface area contributed by atoms with Crippen LogP contribution in [0, 0.1) is 12.8 Å². The molecule has 2 heterocycles. The van der Waals surface area contributed by atoms with Crippen molar-refractivity contribution in [3.63, 3.8) is 0 Å². The Labute approximate surface area is 119 Å². The number of thiophene rings is 1. The lowest BCUT2D eigenvalue weighted by atomic mass is 9.95. The molecule has 0 bridgehead atoms. The van der Waals surface area contributed by atoms with Crippen LogP contribution in [0.4, 0.5) is 0 Å². The van der Waals surface area contributed by atoms with E-state index in [1.165, 1.54) is 9.75 Å². The monoisotopic (exact) mass is 281 g/mol. The second-order valence-electron chi connectivity index (χ2n) is 5.15. The molecule has 0 saturated carbocycles. The molecule has 2 rings (SSSR count). The summed E-state index contributed by atoms with van der Waals surface area (Å²) in [6.45, 7) is 4.58. The van der Waals surface area contributed by atoms with Gasteiger partial charge in [-0.15, -0.1) is 11.3 Å². The lowest BCUT2D eigenvalue weighted by Crippen LogP contribution is -2.45. The van der Waals surface area contributed by atoms with Crippen molar-refractivity contribution in [1.29, 1.82) is 0 Å². The quantitative estimate of drug-likeness (QED) is 0.879. The first-order valence-corrected chi connectivity index (χ1v) is 7.69. The number of carbonyl (C=O) groups is 1. The highest BCUT2D eigenvalue weighted by Crippen LogP contribution is 2.30. The number of nitrogens with one attached hydrogen (secondary N) is 1. The van der Waals surface area contributed by atoms with E-state index in [4.69, 9.17) is 5.73 Å². The lowest BCUT2D eigenvalue weighted by Gasteiger charge is -2.36. The zero-order chi connectivity index (χ0) is 13.8. The number of nitrogens with two attached hydrogens (primary N) is 1. The van der Waals surface area contributed by atoms with Crippen LogP contribution in [0.3, 0.4) is 0 Å². The van der Waals surface area contributed by atoms with Gasteiger partial charge in [0.25, 0.3) is 0 Å². The van der Waals surface area contributed by atoms with Crippen LogP contribution in [-0.4, -0.2) is 37.5 Å². The van der Waals surface area contributed by atoms with Gasteiger partial charge >= 0.3 is 0 Å². The fourth-order valence-corrected chi connectivity index (χ4v) is 3.81. The maximum atomic E-state index is 11.8. The van der Waals surface area contributed by atoms with E-state index in [0.717, 1.165) is 25.9 Å². The van der Waals surface area contributed by atoms with Gasteiger partial charge in [-0.05, 0) is 38.4 Å². The number of carbonyl (C=O) groups excluding carboxylic acids is 1. The average Bonchev–Trinajstić information content (AvgIpc) is 2.85. The standard InChI is InChI=1S/C14H23N3OS/c1-10-5-6-13(19-10)12(8-15)17-7-3-4-11(9-17)14(18)16-2/h5-6,11-12H,3-4,7-9,15H2,1-2H3,(H,16,18). The minimum absolute atomic E-state index is 0.105. The largest absolute Gasteiger partial charge is 0.359 e. The van der Waals surface area contributed by atoms with Gasteiger partial charge in [0.15, 0.2) is 0 Å². The molecule has 0 aromatic carbocycles. The molecule has 4 nitrogen and oxygen atoms in total. The third-order valence-electron chi connectivity index (χ3n) is 3.82. The van der Waals surface area contributed by atoms with Gasteiger partial charge in [-0.3, -0.25) is 9.69 Å². The molecule has 1 amide bonds. The molecule has 1 fully saturated rings. The molecular formula is C14H23N3OS. The highest BCUT2D eigenvalue weighted by Gasteiger charge is 2.29. The first-order chi connectivity index (χ1) is 9.15. The van der Waals surface area contributed by atoms with Crippen LogP contribution < -0.4 is 11.1 Å². The van der Waals surface area contributed by atoms with Gasteiger partial charge < -0.3 is 11.1 Å². The van der Waals surface area contributed by atoms with Gasteiger partial charge in [0, 0.05) is 29.9 Å². The fourth-order valence-electron chi connectivity index (χ4n) is 2.79. The van der Waals surface area contributed by atoms with E-state index < -0.39 is 0 Å². The van der Waals surface area contributed by atoms with E-state index >= 15 is 0 Å². The molecule has 19 heavy (non-hydrogen) atoms. The molecular weight excluding hydrogens is 258 g/mol. The number of aryl methyl sites for hydroxylation is 1. The Morgan fingerprint density at radius 1 is 1.63 bits per heavy atom. The van der Waals surface area contributed by atoms with E-state index in [2.05, 4.69) is 29.3 Å². The van der Waals surface area contributed by atoms with E-state index in [-0.39, 0.29) is 17.9 Å². The van der Waals surface area contributed by atoms with Crippen LogP contribution in [-0.2, 0) is 4.79 Å². The predicted molar refractivity (Wildman–Crippen MR) is 79.2 cm³/mol. The van der Waals surface area contributed by atoms with E-state index in [9.17, 15) is 4.79 Å². The van der Waals surface area contributed by atoms with Crippen LogP contribution in [0.2, 0.25) is 0 Å². The molecule has 1 aromatic heterocycles. The second kappa shape index (κ2) is 6.50. The third kappa shape index (κ3) is 3.35. The molecule has 1 saturated heterocycles. The van der Waals surface area contributed by atoms with Gasteiger partial charge in [-0.25, -0.2) is 0 Å². The Hall–Kier alpha value is -0.910. The van der Waals surface area contributed by atoms with Crippen molar-refractivity contribution in [3.05, 3.63) is 21.9 Å². The summed E-state index contributed by atoms with van der Waals surface area (Å²) in [7, 11) is 1.71. The fraction of sp³-hybridized carbons (Fsp3) is 0.643. The first kappa shape index (κ1) is 14.5. The topological polar surface area (TPSA) is 58.4 Å². The van der Waals surface area contributed by atoms with E-state index in [1.807, 2.05) is 11.3 Å². The Balaban J connectivity index is 2.08. The highest BCUT2D eigenvalue weighted by atomic mass is 32.1. The van der Waals surface area contributed by atoms with Crippen molar-refractivity contribution in [2.24, 2.45) is 11.7 Å². The zero-order valence-electron chi connectivity index (χ0n) is 11.7. The molecule has 2 unspecified atom stereocenters. The van der Waals surface area contributed by atoms with Gasteiger partial charge in [0.2, 0.25) is 5.91 Å². The summed E-state index contributed by atoms with van der Waals surface area (Å²) in [6, 6.07) is 4.57. The number of hydrogen-bond acceptors (Lipinski definition) is 4. The summed E-state index contributed by atoms with van der Waals surface area (Å²) in [5.41, 5.74) is 5.96. The van der Waals surface area contributed by atoms with Crippen molar-refractivity contribution >= 4 is 17.2 Å². The number of nitrogens with zero attached hydrogens (tertiary/aromatic N) is 1. The molecule has 106 valence electrons. The first-order valence-electron chi connectivity index (χ1n) is 6.87. The molecule has 0 radical (unpaired) electrons. The molecule has 0 spiro atoms. The van der Waals surface area contributed by atoms with Crippen molar-refractivity contribution in [2.45, 2.75) is 25.8 Å². The van der Waals surface area contributed by atoms with Gasteiger partial charge in [-0.2, -0.15) is 0 Å². The minimum Gasteiger partial charge on any atom is -0.359 e. The van der Waals surface area contributed by atoms with Crippen molar-refractivity contribution < 1.29 is 4.79 Å². The molecule has 2 atom stereocenters. The molecule has 1 aliphatic heterocycles. The highest BCUT2D eigenvalue weighted by molar-refractivity contribution is 7.12. The van der Waals surface area contributed by atoms with Gasteiger partial charge in [0.05, 0.1) is 12.0 Å². The summed E-state index contributed by atoms with van der Waals surface area (Å²) < 4.78 is 0. The molecule has 1 aromatic rings.